The maximum atomic E-state index is 12.4. The van der Waals surface area contributed by atoms with Crippen molar-refractivity contribution in [1.82, 2.24) is 19.7 Å². The van der Waals surface area contributed by atoms with E-state index in [1.165, 1.54) is 5.69 Å². The number of allylic oxidation sites excluding steroid dienone is 1. The number of hydrogen-bond acceptors (Lipinski definition) is 5. The fourth-order valence-electron chi connectivity index (χ4n) is 4.63. The van der Waals surface area contributed by atoms with Crippen molar-refractivity contribution in [3.8, 4) is 5.75 Å². The molecule has 2 aromatic heterocycles. The molecule has 0 saturated carbocycles. The Balaban J connectivity index is 1.43. The van der Waals surface area contributed by atoms with Gasteiger partial charge in [-0.2, -0.15) is 0 Å². The summed E-state index contributed by atoms with van der Waals surface area (Å²) in [6.07, 6.45) is 1.94. The van der Waals surface area contributed by atoms with Crippen molar-refractivity contribution in [3.05, 3.63) is 99.7 Å². The van der Waals surface area contributed by atoms with E-state index in [0.717, 1.165) is 43.2 Å². The summed E-state index contributed by atoms with van der Waals surface area (Å²) >= 11 is 5.78. The molecule has 0 radical (unpaired) electrons. The number of H-pyrrole nitrogens is 2. The van der Waals surface area contributed by atoms with Gasteiger partial charge in [0, 0.05) is 43.8 Å². The van der Waals surface area contributed by atoms with Crippen LogP contribution in [0.5, 0.6) is 5.75 Å². The molecule has 0 bridgehead atoms. The van der Waals surface area contributed by atoms with Gasteiger partial charge in [0.15, 0.2) is 0 Å². The van der Waals surface area contributed by atoms with Crippen molar-refractivity contribution < 1.29 is 4.74 Å². The number of methoxy groups -OCH3 is 1. The lowest BCUT2D eigenvalue weighted by molar-refractivity contribution is 0.295. The lowest BCUT2D eigenvalue weighted by Crippen LogP contribution is -2.47. The minimum Gasteiger partial charge on any atom is -0.497 e. The second kappa shape index (κ2) is 9.23. The third-order valence-electron chi connectivity index (χ3n) is 6.49. The molecule has 2 N–H and O–H groups in total. The van der Waals surface area contributed by atoms with Crippen molar-refractivity contribution in [2.45, 2.75) is 6.04 Å². The topological polar surface area (TPSA) is 69.3 Å². The summed E-state index contributed by atoms with van der Waals surface area (Å²) in [4.78, 5) is 17.1. The zero-order valence-electron chi connectivity index (χ0n) is 19.0. The van der Waals surface area contributed by atoms with E-state index in [0.29, 0.717) is 15.5 Å². The second-order valence-electron chi connectivity index (χ2n) is 8.37. The number of ether oxygens (including phenoxy) is 1. The van der Waals surface area contributed by atoms with Crippen molar-refractivity contribution in [2.75, 3.05) is 38.2 Å². The Morgan fingerprint density at radius 3 is 2.38 bits per heavy atom. The van der Waals surface area contributed by atoms with Gasteiger partial charge in [0.05, 0.1) is 18.7 Å². The van der Waals surface area contributed by atoms with Crippen molar-refractivity contribution in [3.63, 3.8) is 0 Å². The minimum absolute atomic E-state index is 0.208. The van der Waals surface area contributed by atoms with Gasteiger partial charge in [-0.15, -0.1) is 0 Å². The normalized spacial score (nSPS) is 14.9. The Kier molecular flexibility index (Phi) is 5.98. The Bertz CT molecular complexity index is 1410. The largest absolute Gasteiger partial charge is 0.497 e. The average Bonchev–Trinajstić information content (AvgIpc) is 3.27. The molecule has 8 heteroatoms. The first kappa shape index (κ1) is 22.0. The van der Waals surface area contributed by atoms with Crippen molar-refractivity contribution in [1.29, 1.82) is 0 Å². The molecule has 174 valence electrons. The lowest BCUT2D eigenvalue weighted by Gasteiger charge is -2.40. The van der Waals surface area contributed by atoms with Gasteiger partial charge in [0.1, 0.15) is 15.8 Å². The van der Waals surface area contributed by atoms with E-state index < -0.39 is 0 Å². The molecule has 1 fully saturated rings. The van der Waals surface area contributed by atoms with Gasteiger partial charge < -0.3 is 19.1 Å². The Labute approximate surface area is 202 Å². The van der Waals surface area contributed by atoms with Gasteiger partial charge in [0.25, 0.3) is 5.56 Å². The third kappa shape index (κ3) is 4.01. The number of rotatable bonds is 6. The maximum absolute atomic E-state index is 12.4. The predicted molar refractivity (Wildman–Crippen MR) is 138 cm³/mol. The minimum atomic E-state index is -0.208. The molecule has 3 heterocycles. The zero-order chi connectivity index (χ0) is 23.7. The summed E-state index contributed by atoms with van der Waals surface area (Å²) in [5.74, 6) is 0.858. The van der Waals surface area contributed by atoms with E-state index in [1.807, 2.05) is 47.2 Å². The van der Waals surface area contributed by atoms with Crippen LogP contribution >= 0.6 is 12.2 Å². The predicted octanol–water partition coefficient (Wildman–Crippen LogP) is 4.32. The molecule has 1 unspecified atom stereocenters. The van der Waals surface area contributed by atoms with Crippen LogP contribution in [-0.2, 0) is 0 Å². The van der Waals surface area contributed by atoms with E-state index in [9.17, 15) is 4.79 Å². The van der Waals surface area contributed by atoms with E-state index in [-0.39, 0.29) is 11.6 Å². The van der Waals surface area contributed by atoms with Gasteiger partial charge in [-0.05, 0) is 35.9 Å². The first-order chi connectivity index (χ1) is 16.6. The van der Waals surface area contributed by atoms with Crippen molar-refractivity contribution >= 4 is 28.8 Å². The van der Waals surface area contributed by atoms with Crippen LogP contribution in [0.25, 0.3) is 10.9 Å². The molecule has 0 amide bonds. The van der Waals surface area contributed by atoms with Crippen LogP contribution in [0.2, 0.25) is 0 Å². The van der Waals surface area contributed by atoms with Crippen LogP contribution < -0.4 is 15.2 Å². The summed E-state index contributed by atoms with van der Waals surface area (Å²) in [7, 11) is 1.68. The van der Waals surface area contributed by atoms with E-state index >= 15 is 0 Å². The molecule has 5 rings (SSSR count). The van der Waals surface area contributed by atoms with Crippen LogP contribution in [0.3, 0.4) is 0 Å². The van der Waals surface area contributed by atoms with E-state index in [1.54, 1.807) is 7.11 Å². The van der Waals surface area contributed by atoms with Gasteiger partial charge in [0.2, 0.25) is 0 Å². The van der Waals surface area contributed by atoms with E-state index in [2.05, 4.69) is 50.8 Å². The average molecular weight is 474 g/mol. The van der Waals surface area contributed by atoms with Crippen LogP contribution in [0.15, 0.2) is 83.9 Å². The van der Waals surface area contributed by atoms with E-state index in [4.69, 9.17) is 17.0 Å². The van der Waals surface area contributed by atoms with Gasteiger partial charge >= 0.3 is 0 Å². The SMILES string of the molecule is C=C(C(c1ccccc1)n1ccc2[nH][nH]c(=O)c2c1=S)N1CCN(c2ccc(OC)cc2)CC1. The summed E-state index contributed by atoms with van der Waals surface area (Å²) in [5, 5.41) is 6.02. The van der Waals surface area contributed by atoms with Gasteiger partial charge in [-0.3, -0.25) is 15.0 Å². The Morgan fingerprint density at radius 1 is 1.00 bits per heavy atom. The molecular formula is C26H27N5O2S. The first-order valence-electron chi connectivity index (χ1n) is 11.3. The smallest absolute Gasteiger partial charge is 0.274 e. The van der Waals surface area contributed by atoms with Crippen molar-refractivity contribution in [2.24, 2.45) is 0 Å². The lowest BCUT2D eigenvalue weighted by atomic mass is 10.0. The number of nitrogens with zero attached hydrogens (tertiary/aromatic N) is 3. The first-order valence-corrected chi connectivity index (χ1v) is 11.7. The van der Waals surface area contributed by atoms with Crippen LogP contribution in [0, 0.1) is 4.64 Å². The van der Waals surface area contributed by atoms with Crippen LogP contribution in [0.4, 0.5) is 5.69 Å². The zero-order valence-corrected chi connectivity index (χ0v) is 19.8. The quantitative estimate of drug-likeness (QED) is 0.408. The molecule has 34 heavy (non-hydrogen) atoms. The molecular weight excluding hydrogens is 446 g/mol. The molecule has 1 atom stereocenters. The summed E-state index contributed by atoms with van der Waals surface area (Å²) in [6.45, 7) is 7.96. The maximum Gasteiger partial charge on any atom is 0.274 e. The van der Waals surface area contributed by atoms with Gasteiger partial charge in [-0.1, -0.05) is 49.1 Å². The monoisotopic (exact) mass is 473 g/mol. The number of nitrogens with one attached hydrogen (secondary N) is 2. The highest BCUT2D eigenvalue weighted by atomic mass is 32.1. The van der Waals surface area contributed by atoms with Crippen LogP contribution in [0.1, 0.15) is 11.6 Å². The third-order valence-corrected chi connectivity index (χ3v) is 6.90. The number of anilines is 1. The Hall–Kier alpha value is -3.78. The molecule has 0 spiro atoms. The molecule has 1 aliphatic heterocycles. The molecule has 1 aliphatic rings. The number of hydrogen-bond donors (Lipinski definition) is 2. The van der Waals surface area contributed by atoms with Crippen LogP contribution in [-0.4, -0.2) is 53.0 Å². The molecule has 4 aromatic rings. The number of pyridine rings is 1. The highest BCUT2D eigenvalue weighted by Gasteiger charge is 2.26. The highest BCUT2D eigenvalue weighted by Crippen LogP contribution is 2.31. The second-order valence-corrected chi connectivity index (χ2v) is 8.76. The molecule has 2 aromatic carbocycles. The number of aromatic amines is 2. The Morgan fingerprint density at radius 2 is 1.71 bits per heavy atom. The number of piperazine rings is 1. The fraction of sp³-hybridized carbons (Fsp3) is 0.231. The highest BCUT2D eigenvalue weighted by molar-refractivity contribution is 7.71. The standard InChI is InChI=1S/C26H27N5O2S/c1-18(29-14-16-30(17-15-29)20-8-10-21(33-2)11-9-20)24(19-6-4-3-5-7-19)31-13-12-22-23(26(31)34)25(32)28-27-22/h3-13,24H,1,14-17H2,2H3,(H2,27,28,32). The summed E-state index contributed by atoms with van der Waals surface area (Å²) in [5.41, 5.74) is 3.72. The summed E-state index contributed by atoms with van der Waals surface area (Å²) in [6, 6.07) is 20.0. The van der Waals surface area contributed by atoms with Gasteiger partial charge in [-0.25, -0.2) is 0 Å². The number of aromatic nitrogens is 3. The molecule has 7 nitrogen and oxygen atoms in total. The fourth-order valence-corrected chi connectivity index (χ4v) is 5.00. The number of fused-ring (bicyclic) bond motifs is 1. The molecule has 0 aliphatic carbocycles. The molecule has 1 saturated heterocycles. The summed E-state index contributed by atoms with van der Waals surface area (Å²) < 4.78 is 7.75. The number of benzene rings is 2.